The first-order valence-corrected chi connectivity index (χ1v) is 9.83. The van der Waals surface area contributed by atoms with Crippen LogP contribution >= 0.6 is 0 Å². The lowest BCUT2D eigenvalue weighted by Gasteiger charge is -2.25. The fourth-order valence-corrected chi connectivity index (χ4v) is 3.70. The molecule has 1 aromatic carbocycles. The Morgan fingerprint density at radius 2 is 2.03 bits per heavy atom. The van der Waals surface area contributed by atoms with Crippen molar-refractivity contribution in [3.05, 3.63) is 65.0 Å². The molecule has 7 nitrogen and oxygen atoms in total. The lowest BCUT2D eigenvalue weighted by molar-refractivity contribution is -0.139. The molecule has 1 unspecified atom stereocenters. The number of aryl methyl sites for hydroxylation is 1. The molecule has 3 rings (SSSR count). The van der Waals surface area contributed by atoms with Crippen molar-refractivity contribution in [1.82, 2.24) is 14.8 Å². The quantitative estimate of drug-likeness (QED) is 0.430. The number of ether oxygens (including phenoxy) is 1. The number of rotatable bonds is 7. The van der Waals surface area contributed by atoms with Crippen LogP contribution in [0.25, 0.3) is 5.76 Å². The Morgan fingerprint density at radius 3 is 2.67 bits per heavy atom. The number of aliphatic hydroxyl groups excluding tert-OH is 1. The summed E-state index contributed by atoms with van der Waals surface area (Å²) in [5, 5.41) is 11.2. The van der Waals surface area contributed by atoms with Crippen LogP contribution < -0.4 is 4.74 Å². The number of pyridine rings is 1. The van der Waals surface area contributed by atoms with E-state index in [9.17, 15) is 14.7 Å². The fraction of sp³-hybridized carbons (Fsp3) is 0.348. The van der Waals surface area contributed by atoms with E-state index in [0.29, 0.717) is 29.8 Å². The van der Waals surface area contributed by atoms with Crippen LogP contribution in [0.3, 0.4) is 0 Å². The van der Waals surface area contributed by atoms with Crippen molar-refractivity contribution in [1.29, 1.82) is 0 Å². The number of amides is 1. The molecular weight excluding hydrogens is 382 g/mol. The SMILES string of the molecule is COc1ccc(C)cc1/C(O)=C1\C(=O)C(=O)N(CCCN(C)C)C1c1cccnc1. The van der Waals surface area contributed by atoms with Gasteiger partial charge in [-0.3, -0.25) is 14.6 Å². The summed E-state index contributed by atoms with van der Waals surface area (Å²) in [5.74, 6) is -1.12. The van der Waals surface area contributed by atoms with Gasteiger partial charge < -0.3 is 19.6 Å². The van der Waals surface area contributed by atoms with E-state index in [2.05, 4.69) is 4.98 Å². The number of carbonyl (C=O) groups is 2. The molecule has 2 heterocycles. The van der Waals surface area contributed by atoms with Gasteiger partial charge in [0.25, 0.3) is 11.7 Å². The third kappa shape index (κ3) is 4.21. The van der Waals surface area contributed by atoms with Crippen molar-refractivity contribution in [3.8, 4) is 5.75 Å². The number of hydrogen-bond acceptors (Lipinski definition) is 6. The van der Waals surface area contributed by atoms with Gasteiger partial charge in [-0.15, -0.1) is 0 Å². The van der Waals surface area contributed by atoms with E-state index < -0.39 is 17.7 Å². The number of carbonyl (C=O) groups excluding carboxylic acids is 2. The van der Waals surface area contributed by atoms with Crippen LogP contribution in [-0.2, 0) is 9.59 Å². The first-order chi connectivity index (χ1) is 14.3. The summed E-state index contributed by atoms with van der Waals surface area (Å²) in [6.45, 7) is 3.05. The standard InChI is InChI=1S/C23H27N3O4/c1-15-8-9-18(30-4)17(13-15)21(27)19-20(16-7-5-10-24-14-16)26(23(29)22(19)28)12-6-11-25(2)3/h5,7-10,13-14,20,27H,6,11-12H2,1-4H3/b21-19+. The van der Waals surface area contributed by atoms with Gasteiger partial charge in [0.2, 0.25) is 0 Å². The number of aromatic nitrogens is 1. The lowest BCUT2D eigenvalue weighted by atomic mass is 9.95. The van der Waals surface area contributed by atoms with E-state index in [1.54, 1.807) is 30.6 Å². The summed E-state index contributed by atoms with van der Waals surface area (Å²) in [7, 11) is 5.41. The van der Waals surface area contributed by atoms with Crippen LogP contribution in [0.4, 0.5) is 0 Å². The highest BCUT2D eigenvalue weighted by Gasteiger charge is 2.46. The number of nitrogens with zero attached hydrogens (tertiary/aromatic N) is 3. The second kappa shape index (κ2) is 9.09. The van der Waals surface area contributed by atoms with Crippen molar-refractivity contribution in [3.63, 3.8) is 0 Å². The smallest absolute Gasteiger partial charge is 0.295 e. The first kappa shape index (κ1) is 21.5. The van der Waals surface area contributed by atoms with Gasteiger partial charge in [0.15, 0.2) is 0 Å². The number of ketones is 1. The largest absolute Gasteiger partial charge is 0.507 e. The third-order valence-corrected chi connectivity index (χ3v) is 5.15. The Labute approximate surface area is 176 Å². The maximum atomic E-state index is 13.0. The summed E-state index contributed by atoms with van der Waals surface area (Å²) in [4.78, 5) is 33.6. The predicted octanol–water partition coefficient (Wildman–Crippen LogP) is 2.77. The van der Waals surface area contributed by atoms with Crippen molar-refractivity contribution in [2.24, 2.45) is 0 Å². The Bertz CT molecular complexity index is 970. The Balaban J connectivity index is 2.13. The van der Waals surface area contributed by atoms with E-state index in [-0.39, 0.29) is 11.3 Å². The number of likely N-dealkylation sites (tertiary alicyclic amines) is 1. The lowest BCUT2D eigenvalue weighted by Crippen LogP contribution is -2.32. The molecule has 158 valence electrons. The fourth-order valence-electron chi connectivity index (χ4n) is 3.70. The molecule has 0 spiro atoms. The van der Waals surface area contributed by atoms with Gasteiger partial charge in [-0.1, -0.05) is 17.7 Å². The number of benzene rings is 1. The van der Waals surface area contributed by atoms with E-state index in [1.165, 1.54) is 12.0 Å². The molecule has 0 bridgehead atoms. The maximum absolute atomic E-state index is 13.0. The minimum atomic E-state index is -0.703. The molecule has 0 saturated carbocycles. The Hall–Kier alpha value is -3.19. The Kier molecular flexibility index (Phi) is 6.52. The molecule has 30 heavy (non-hydrogen) atoms. The molecule has 1 aromatic heterocycles. The van der Waals surface area contributed by atoms with Crippen LogP contribution in [0.5, 0.6) is 5.75 Å². The third-order valence-electron chi connectivity index (χ3n) is 5.15. The van der Waals surface area contributed by atoms with Gasteiger partial charge in [-0.25, -0.2) is 0 Å². The van der Waals surface area contributed by atoms with Gasteiger partial charge in [-0.2, -0.15) is 0 Å². The number of hydrogen-bond donors (Lipinski definition) is 1. The molecular formula is C23H27N3O4. The average molecular weight is 409 g/mol. The highest BCUT2D eigenvalue weighted by atomic mass is 16.5. The summed E-state index contributed by atoms with van der Waals surface area (Å²) in [6, 6.07) is 8.19. The topological polar surface area (TPSA) is 83.0 Å². The zero-order chi connectivity index (χ0) is 21.8. The van der Waals surface area contributed by atoms with Crippen LogP contribution in [0, 0.1) is 6.92 Å². The second-order valence-corrected chi connectivity index (χ2v) is 7.64. The minimum Gasteiger partial charge on any atom is -0.507 e. The van der Waals surface area contributed by atoms with Crippen LogP contribution in [0.2, 0.25) is 0 Å². The molecule has 1 saturated heterocycles. The highest BCUT2D eigenvalue weighted by molar-refractivity contribution is 6.46. The molecule has 0 aliphatic carbocycles. The van der Waals surface area contributed by atoms with Crippen LogP contribution in [-0.4, -0.2) is 65.9 Å². The van der Waals surface area contributed by atoms with Gasteiger partial charge in [0, 0.05) is 18.9 Å². The van der Waals surface area contributed by atoms with Crippen molar-refractivity contribution >= 4 is 17.4 Å². The van der Waals surface area contributed by atoms with Crippen LogP contribution in [0.15, 0.2) is 48.3 Å². The molecule has 7 heteroatoms. The van der Waals surface area contributed by atoms with Crippen molar-refractivity contribution in [2.45, 2.75) is 19.4 Å². The van der Waals surface area contributed by atoms with E-state index in [1.807, 2.05) is 38.1 Å². The summed E-state index contributed by atoms with van der Waals surface area (Å²) < 4.78 is 5.38. The maximum Gasteiger partial charge on any atom is 0.295 e. The van der Waals surface area contributed by atoms with Gasteiger partial charge >= 0.3 is 0 Å². The highest BCUT2D eigenvalue weighted by Crippen LogP contribution is 2.40. The summed E-state index contributed by atoms with van der Waals surface area (Å²) in [5.41, 5.74) is 2.02. The zero-order valence-electron chi connectivity index (χ0n) is 17.8. The Morgan fingerprint density at radius 1 is 1.27 bits per heavy atom. The molecule has 1 aliphatic rings. The first-order valence-electron chi connectivity index (χ1n) is 9.83. The van der Waals surface area contributed by atoms with Crippen molar-refractivity contribution in [2.75, 3.05) is 34.3 Å². The van der Waals surface area contributed by atoms with Gasteiger partial charge in [-0.05, 0) is 57.7 Å². The zero-order valence-corrected chi connectivity index (χ0v) is 17.8. The number of Topliss-reactive ketones (excluding diaryl/α,β-unsaturated/α-hetero) is 1. The molecule has 1 atom stereocenters. The second-order valence-electron chi connectivity index (χ2n) is 7.64. The van der Waals surface area contributed by atoms with Gasteiger partial charge in [0.1, 0.15) is 11.5 Å². The van der Waals surface area contributed by atoms with E-state index in [0.717, 1.165) is 12.1 Å². The molecule has 2 aromatic rings. The van der Waals surface area contributed by atoms with E-state index >= 15 is 0 Å². The monoisotopic (exact) mass is 409 g/mol. The van der Waals surface area contributed by atoms with E-state index in [4.69, 9.17) is 4.74 Å². The van der Waals surface area contributed by atoms with Crippen molar-refractivity contribution < 1.29 is 19.4 Å². The normalized spacial score (nSPS) is 18.3. The van der Waals surface area contributed by atoms with Crippen LogP contribution in [0.1, 0.15) is 29.2 Å². The summed E-state index contributed by atoms with van der Waals surface area (Å²) >= 11 is 0. The molecule has 1 N–H and O–H groups in total. The molecule has 1 aliphatic heterocycles. The number of methoxy groups -OCH3 is 1. The van der Waals surface area contributed by atoms with Gasteiger partial charge in [0.05, 0.1) is 24.3 Å². The average Bonchev–Trinajstić information content (AvgIpc) is 2.98. The number of aliphatic hydroxyl groups is 1. The minimum absolute atomic E-state index is 0.0572. The summed E-state index contributed by atoms with van der Waals surface area (Å²) in [6.07, 6.45) is 3.95. The molecule has 1 fully saturated rings. The predicted molar refractivity (Wildman–Crippen MR) is 114 cm³/mol. The molecule has 0 radical (unpaired) electrons. The molecule has 1 amide bonds.